The highest BCUT2D eigenvalue weighted by Gasteiger charge is 2.31. The molecule has 1 aliphatic rings. The van der Waals surface area contributed by atoms with Gasteiger partial charge in [-0.15, -0.1) is 0 Å². The number of aryl methyl sites for hydroxylation is 1. The first-order chi connectivity index (χ1) is 5.71. The fraction of sp³-hybridized carbons (Fsp3) is 0.700. The van der Waals surface area contributed by atoms with Gasteiger partial charge >= 0.3 is 0 Å². The van der Waals surface area contributed by atoms with Crippen LogP contribution < -0.4 is 0 Å². The topological polar surface area (TPSA) is 28.7 Å². The summed E-state index contributed by atoms with van der Waals surface area (Å²) in [6.45, 7) is 4.36. The molecule has 0 saturated heterocycles. The Labute approximate surface area is 73.4 Å². The second-order valence-corrected chi connectivity index (χ2v) is 4.15. The largest absolute Gasteiger partial charge is 0.346 e. The van der Waals surface area contributed by atoms with Crippen LogP contribution in [-0.4, -0.2) is 9.97 Å². The minimum atomic E-state index is 0.390. The minimum Gasteiger partial charge on any atom is -0.346 e. The molecular formula is C10H16N2. The van der Waals surface area contributed by atoms with Gasteiger partial charge < -0.3 is 4.98 Å². The number of rotatable bonds is 1. The van der Waals surface area contributed by atoms with Crippen LogP contribution in [0.4, 0.5) is 0 Å². The number of aromatic amines is 1. The van der Waals surface area contributed by atoms with Gasteiger partial charge in [-0.1, -0.05) is 19.8 Å². The third-order valence-corrected chi connectivity index (χ3v) is 3.06. The van der Waals surface area contributed by atoms with Crippen LogP contribution in [-0.2, 0) is 5.41 Å². The van der Waals surface area contributed by atoms with Crippen molar-refractivity contribution in [3.05, 3.63) is 17.7 Å². The quantitative estimate of drug-likeness (QED) is 0.679. The van der Waals surface area contributed by atoms with Crippen molar-refractivity contribution in [1.82, 2.24) is 9.97 Å². The van der Waals surface area contributed by atoms with E-state index in [2.05, 4.69) is 16.9 Å². The number of H-pyrrole nitrogens is 1. The number of aromatic nitrogens is 2. The van der Waals surface area contributed by atoms with Gasteiger partial charge in [0, 0.05) is 17.3 Å². The summed E-state index contributed by atoms with van der Waals surface area (Å²) in [5, 5.41) is 0. The summed E-state index contributed by atoms with van der Waals surface area (Å²) in [6.07, 6.45) is 7.37. The van der Waals surface area contributed by atoms with E-state index < -0.39 is 0 Å². The predicted octanol–water partition coefficient (Wildman–Crippen LogP) is 2.55. The predicted molar refractivity (Wildman–Crippen MR) is 49.1 cm³/mol. The summed E-state index contributed by atoms with van der Waals surface area (Å²) in [6, 6.07) is 0. The van der Waals surface area contributed by atoms with Gasteiger partial charge in [-0.05, 0) is 19.8 Å². The molecule has 1 aromatic heterocycles. The molecule has 1 fully saturated rings. The third-order valence-electron chi connectivity index (χ3n) is 3.06. The molecule has 1 aliphatic carbocycles. The molecule has 0 amide bonds. The first-order valence-corrected chi connectivity index (χ1v) is 4.73. The second-order valence-electron chi connectivity index (χ2n) is 4.15. The molecule has 1 saturated carbocycles. The van der Waals surface area contributed by atoms with E-state index in [1.165, 1.54) is 31.4 Å². The highest BCUT2D eigenvalue weighted by Crippen LogP contribution is 2.39. The van der Waals surface area contributed by atoms with Crippen LogP contribution in [0.5, 0.6) is 0 Å². The lowest BCUT2D eigenvalue weighted by Gasteiger charge is -2.20. The second kappa shape index (κ2) is 2.61. The highest BCUT2D eigenvalue weighted by molar-refractivity contribution is 5.15. The van der Waals surface area contributed by atoms with Gasteiger partial charge in [0.2, 0.25) is 0 Å². The van der Waals surface area contributed by atoms with Gasteiger partial charge in [-0.2, -0.15) is 0 Å². The van der Waals surface area contributed by atoms with E-state index in [9.17, 15) is 0 Å². The molecule has 1 heterocycles. The molecule has 0 spiro atoms. The maximum absolute atomic E-state index is 4.25. The standard InChI is InChI=1S/C10H16N2/c1-8-11-7-9(12-8)10(2)5-3-4-6-10/h7H,3-6H2,1-2H3,(H,11,12). The van der Waals surface area contributed by atoms with Crippen LogP contribution in [0.2, 0.25) is 0 Å². The average molecular weight is 164 g/mol. The lowest BCUT2D eigenvalue weighted by Crippen LogP contribution is -2.17. The Kier molecular flexibility index (Phi) is 1.71. The van der Waals surface area contributed by atoms with E-state index in [0.717, 1.165) is 5.82 Å². The Morgan fingerprint density at radius 2 is 2.08 bits per heavy atom. The first-order valence-electron chi connectivity index (χ1n) is 4.73. The van der Waals surface area contributed by atoms with Crippen molar-refractivity contribution < 1.29 is 0 Å². The SMILES string of the molecule is Cc1ncc(C2(C)CCCC2)[nH]1. The summed E-state index contributed by atoms with van der Waals surface area (Å²) in [5.41, 5.74) is 1.72. The molecule has 2 heteroatoms. The average Bonchev–Trinajstić information content (AvgIpc) is 2.59. The van der Waals surface area contributed by atoms with Crippen molar-refractivity contribution in [1.29, 1.82) is 0 Å². The monoisotopic (exact) mass is 164 g/mol. The molecule has 2 nitrogen and oxygen atoms in total. The van der Waals surface area contributed by atoms with Gasteiger partial charge in [0.1, 0.15) is 5.82 Å². The van der Waals surface area contributed by atoms with Gasteiger partial charge in [-0.25, -0.2) is 4.98 Å². The fourth-order valence-electron chi connectivity index (χ4n) is 2.15. The lowest BCUT2D eigenvalue weighted by molar-refractivity contribution is 0.477. The summed E-state index contributed by atoms with van der Waals surface area (Å²) >= 11 is 0. The number of nitrogens with one attached hydrogen (secondary N) is 1. The van der Waals surface area contributed by atoms with Gasteiger partial charge in [-0.3, -0.25) is 0 Å². The van der Waals surface area contributed by atoms with Crippen LogP contribution in [0.25, 0.3) is 0 Å². The van der Waals surface area contributed by atoms with E-state index in [1.54, 1.807) is 0 Å². The van der Waals surface area contributed by atoms with E-state index in [-0.39, 0.29) is 0 Å². The van der Waals surface area contributed by atoms with E-state index in [0.29, 0.717) is 5.41 Å². The molecule has 12 heavy (non-hydrogen) atoms. The molecule has 0 aliphatic heterocycles. The Morgan fingerprint density at radius 1 is 1.42 bits per heavy atom. The Hall–Kier alpha value is -0.790. The van der Waals surface area contributed by atoms with Crippen molar-refractivity contribution in [2.45, 2.75) is 44.9 Å². The van der Waals surface area contributed by atoms with Crippen molar-refractivity contribution >= 4 is 0 Å². The van der Waals surface area contributed by atoms with Crippen molar-refractivity contribution in [3.8, 4) is 0 Å². The normalized spacial score (nSPS) is 21.5. The van der Waals surface area contributed by atoms with Gasteiger partial charge in [0.15, 0.2) is 0 Å². The summed E-state index contributed by atoms with van der Waals surface area (Å²) in [7, 11) is 0. The van der Waals surface area contributed by atoms with Gasteiger partial charge in [0.25, 0.3) is 0 Å². The molecule has 1 aromatic rings. The zero-order valence-electron chi connectivity index (χ0n) is 7.85. The van der Waals surface area contributed by atoms with E-state index in [4.69, 9.17) is 0 Å². The minimum absolute atomic E-state index is 0.390. The molecule has 0 unspecified atom stereocenters. The Morgan fingerprint density at radius 3 is 2.58 bits per heavy atom. The van der Waals surface area contributed by atoms with Crippen molar-refractivity contribution in [2.24, 2.45) is 0 Å². The highest BCUT2D eigenvalue weighted by atomic mass is 14.9. The molecular weight excluding hydrogens is 148 g/mol. The molecule has 0 aromatic carbocycles. The lowest BCUT2D eigenvalue weighted by atomic mass is 9.86. The Balaban J connectivity index is 2.28. The summed E-state index contributed by atoms with van der Waals surface area (Å²) < 4.78 is 0. The number of imidazole rings is 1. The number of nitrogens with zero attached hydrogens (tertiary/aromatic N) is 1. The van der Waals surface area contributed by atoms with E-state index >= 15 is 0 Å². The third kappa shape index (κ3) is 1.15. The molecule has 0 radical (unpaired) electrons. The summed E-state index contributed by atoms with van der Waals surface area (Å²) in [5.74, 6) is 1.04. The molecule has 2 rings (SSSR count). The fourth-order valence-corrected chi connectivity index (χ4v) is 2.15. The van der Waals surface area contributed by atoms with Crippen molar-refractivity contribution in [3.63, 3.8) is 0 Å². The van der Waals surface area contributed by atoms with Crippen LogP contribution >= 0.6 is 0 Å². The van der Waals surface area contributed by atoms with Crippen LogP contribution in [0, 0.1) is 6.92 Å². The molecule has 66 valence electrons. The maximum Gasteiger partial charge on any atom is 0.103 e. The summed E-state index contributed by atoms with van der Waals surface area (Å²) in [4.78, 5) is 7.60. The zero-order valence-corrected chi connectivity index (χ0v) is 7.85. The molecule has 1 N–H and O–H groups in total. The number of hydrogen-bond acceptors (Lipinski definition) is 1. The Bertz CT molecular complexity index is 269. The van der Waals surface area contributed by atoms with Crippen molar-refractivity contribution in [2.75, 3.05) is 0 Å². The first kappa shape index (κ1) is 7.84. The van der Waals surface area contributed by atoms with Crippen LogP contribution in [0.15, 0.2) is 6.20 Å². The zero-order chi connectivity index (χ0) is 8.60. The van der Waals surface area contributed by atoms with E-state index in [1.807, 2.05) is 13.1 Å². The maximum atomic E-state index is 4.25. The molecule has 0 atom stereocenters. The molecule has 0 bridgehead atoms. The number of hydrogen-bond donors (Lipinski definition) is 1. The van der Waals surface area contributed by atoms with Gasteiger partial charge in [0.05, 0.1) is 0 Å². The van der Waals surface area contributed by atoms with Crippen LogP contribution in [0.1, 0.15) is 44.1 Å². The smallest absolute Gasteiger partial charge is 0.103 e. The van der Waals surface area contributed by atoms with Crippen LogP contribution in [0.3, 0.4) is 0 Å².